The second-order valence-electron chi connectivity index (χ2n) is 9.19. The van der Waals surface area contributed by atoms with Gasteiger partial charge in [0.15, 0.2) is 27.3 Å². The number of hydrogen-bond donors (Lipinski definition) is 3. The summed E-state index contributed by atoms with van der Waals surface area (Å²) < 4.78 is 66.5. The minimum atomic E-state index is -3.93. The van der Waals surface area contributed by atoms with Crippen molar-refractivity contribution >= 4 is 33.0 Å². The Morgan fingerprint density at radius 3 is 2.24 bits per heavy atom. The first-order valence-electron chi connectivity index (χ1n) is 10.7. The Balaban J connectivity index is 1.55. The summed E-state index contributed by atoms with van der Waals surface area (Å²) in [6.07, 6.45) is 2.16. The molecule has 4 atom stereocenters. The van der Waals surface area contributed by atoms with E-state index in [-0.39, 0.29) is 51.3 Å². The minimum Gasteiger partial charge on any atom is -0.393 e. The van der Waals surface area contributed by atoms with E-state index < -0.39 is 38.8 Å². The number of carbonyl (C=O) groups is 1. The van der Waals surface area contributed by atoms with Crippen molar-refractivity contribution in [3.8, 4) is 0 Å². The molecule has 0 aromatic heterocycles. The first kappa shape index (κ1) is 25.0. The predicted molar refractivity (Wildman–Crippen MR) is 119 cm³/mol. The van der Waals surface area contributed by atoms with Crippen LogP contribution in [0.4, 0.5) is 18.9 Å². The lowest BCUT2D eigenvalue weighted by Crippen LogP contribution is -2.44. The van der Waals surface area contributed by atoms with E-state index in [4.69, 9.17) is 11.6 Å². The van der Waals surface area contributed by atoms with E-state index in [9.17, 15) is 36.6 Å². The van der Waals surface area contributed by atoms with E-state index in [1.54, 1.807) is 0 Å². The van der Waals surface area contributed by atoms with Crippen molar-refractivity contribution in [2.45, 2.75) is 36.2 Å². The number of nitrogens with one attached hydrogen (secondary N) is 1. The number of amides is 1. The van der Waals surface area contributed by atoms with Gasteiger partial charge in [0, 0.05) is 23.4 Å². The number of rotatable bonds is 6. The number of benzene rings is 2. The van der Waals surface area contributed by atoms with Crippen molar-refractivity contribution < 1.29 is 36.6 Å². The molecule has 2 fully saturated rings. The lowest BCUT2D eigenvalue weighted by molar-refractivity contribution is -0.0736. The Labute approximate surface area is 199 Å². The second-order valence-corrected chi connectivity index (χ2v) is 11.6. The van der Waals surface area contributed by atoms with Crippen molar-refractivity contribution in [2.24, 2.45) is 17.8 Å². The van der Waals surface area contributed by atoms with Gasteiger partial charge in [-0.25, -0.2) is 21.6 Å². The third-order valence-corrected chi connectivity index (χ3v) is 9.15. The fourth-order valence-corrected chi connectivity index (χ4v) is 7.64. The van der Waals surface area contributed by atoms with Crippen LogP contribution in [0.1, 0.15) is 36.0 Å². The van der Waals surface area contributed by atoms with Gasteiger partial charge >= 0.3 is 0 Å². The molecule has 34 heavy (non-hydrogen) atoms. The first-order chi connectivity index (χ1) is 15.9. The maximum absolute atomic E-state index is 13.4. The summed E-state index contributed by atoms with van der Waals surface area (Å²) in [6.45, 7) is -0.371. The van der Waals surface area contributed by atoms with Gasteiger partial charge in [-0.05, 0) is 61.6 Å². The molecular formula is C23H23ClF3NO5S. The number of hydrogen-bond acceptors (Lipinski definition) is 5. The molecule has 2 aromatic carbocycles. The number of aliphatic hydroxyl groups is 2. The topological polar surface area (TPSA) is 104 Å². The molecule has 0 saturated heterocycles. The van der Waals surface area contributed by atoms with Gasteiger partial charge in [-0.3, -0.25) is 4.79 Å². The molecule has 6 nitrogen and oxygen atoms in total. The first-order valence-corrected chi connectivity index (χ1v) is 12.8. The smallest absolute Gasteiger partial charge is 0.255 e. The van der Waals surface area contributed by atoms with E-state index >= 15 is 0 Å². The van der Waals surface area contributed by atoms with E-state index in [0.717, 1.165) is 18.9 Å². The van der Waals surface area contributed by atoms with Crippen LogP contribution >= 0.6 is 11.6 Å². The molecular weight excluding hydrogens is 495 g/mol. The van der Waals surface area contributed by atoms with Gasteiger partial charge in [-0.15, -0.1) is 0 Å². The highest BCUT2D eigenvalue weighted by Crippen LogP contribution is 2.51. The number of aliphatic hydroxyl groups excluding tert-OH is 1. The third kappa shape index (κ3) is 4.82. The molecule has 3 unspecified atom stereocenters. The molecule has 11 heteroatoms. The van der Waals surface area contributed by atoms with Gasteiger partial charge in [0.25, 0.3) is 5.91 Å². The second kappa shape index (κ2) is 9.14. The molecule has 3 N–H and O–H groups in total. The quantitative estimate of drug-likeness (QED) is 0.504. The summed E-state index contributed by atoms with van der Waals surface area (Å²) in [5.74, 6) is -6.04. The van der Waals surface area contributed by atoms with Crippen LogP contribution in [0.3, 0.4) is 0 Å². The van der Waals surface area contributed by atoms with Gasteiger partial charge in [-0.2, -0.15) is 0 Å². The van der Waals surface area contributed by atoms with Crippen molar-refractivity contribution in [2.75, 3.05) is 17.7 Å². The molecule has 0 spiro atoms. The Morgan fingerprint density at radius 1 is 1.09 bits per heavy atom. The Bertz CT molecular complexity index is 1200. The van der Waals surface area contributed by atoms with Crippen LogP contribution in [0.2, 0.25) is 5.02 Å². The van der Waals surface area contributed by atoms with Crippen LogP contribution in [0, 0.1) is 35.2 Å². The summed E-state index contributed by atoms with van der Waals surface area (Å²) in [6, 6.07) is 4.82. The van der Waals surface area contributed by atoms with Crippen molar-refractivity contribution in [3.05, 3.63) is 58.4 Å². The molecule has 0 radical (unpaired) electrons. The average Bonchev–Trinajstić information content (AvgIpc) is 3.00. The van der Waals surface area contributed by atoms with Gasteiger partial charge in [-0.1, -0.05) is 11.6 Å². The highest BCUT2D eigenvalue weighted by Gasteiger charge is 2.49. The van der Waals surface area contributed by atoms with Crippen molar-refractivity contribution in [1.29, 1.82) is 0 Å². The molecule has 2 aromatic rings. The van der Waals surface area contributed by atoms with E-state index in [1.165, 1.54) is 12.1 Å². The SMILES string of the molecule is O=C(Nc1cc(F)c(F)c(F)c1)c1ccc(Cl)c(S(=O)(=O)CC2C3CC[C@H]2CC(O)(CO)C3)c1. The Kier molecular flexibility index (Phi) is 6.71. The van der Waals surface area contributed by atoms with Gasteiger partial charge in [0.2, 0.25) is 0 Å². The molecule has 2 aliphatic carbocycles. The standard InChI is InChI=1S/C23H23ClF3NO5S/c24-17-4-3-12(22(30)28-15-6-18(25)21(27)19(26)7-15)5-20(17)34(32,33)10-16-13-1-2-14(16)9-23(31,8-13)11-29/h3-7,13-14,16,29,31H,1-2,8-11H2,(H,28,30)/t13-,14?,16?,23?/m0/s1. The van der Waals surface area contributed by atoms with E-state index in [2.05, 4.69) is 5.32 Å². The fourth-order valence-electron chi connectivity index (χ4n) is 5.27. The van der Waals surface area contributed by atoms with Crippen LogP contribution < -0.4 is 5.32 Å². The zero-order valence-electron chi connectivity index (χ0n) is 17.9. The van der Waals surface area contributed by atoms with Crippen molar-refractivity contribution in [3.63, 3.8) is 0 Å². The summed E-state index contributed by atoms with van der Waals surface area (Å²) in [5.41, 5.74) is -1.65. The van der Waals surface area contributed by atoms with E-state index in [1.807, 2.05) is 0 Å². The monoisotopic (exact) mass is 517 g/mol. The van der Waals surface area contributed by atoms with Gasteiger partial charge in [0.05, 0.1) is 27.9 Å². The Morgan fingerprint density at radius 2 is 1.68 bits per heavy atom. The highest BCUT2D eigenvalue weighted by atomic mass is 35.5. The Hall–Kier alpha value is -2.14. The maximum atomic E-state index is 13.4. The largest absolute Gasteiger partial charge is 0.393 e. The number of anilines is 1. The average molecular weight is 518 g/mol. The molecule has 0 aliphatic heterocycles. The lowest BCUT2D eigenvalue weighted by Gasteiger charge is -2.40. The number of fused-ring (bicyclic) bond motifs is 2. The maximum Gasteiger partial charge on any atom is 0.255 e. The zero-order valence-corrected chi connectivity index (χ0v) is 19.5. The molecule has 184 valence electrons. The third-order valence-electron chi connectivity index (χ3n) is 6.88. The number of halogens is 4. The number of carbonyl (C=O) groups excluding carboxylic acids is 1. The summed E-state index contributed by atoms with van der Waals surface area (Å²) in [4.78, 5) is 12.3. The lowest BCUT2D eigenvalue weighted by atomic mass is 9.72. The predicted octanol–water partition coefficient (Wildman–Crippen LogP) is 3.94. The van der Waals surface area contributed by atoms with Crippen molar-refractivity contribution in [1.82, 2.24) is 0 Å². The molecule has 2 bridgehead atoms. The summed E-state index contributed by atoms with van der Waals surface area (Å²) in [5, 5.41) is 22.1. The number of sulfone groups is 1. The van der Waals surface area contributed by atoms with Gasteiger partial charge in [0.1, 0.15) is 0 Å². The van der Waals surface area contributed by atoms with Crippen LogP contribution in [-0.4, -0.2) is 42.5 Å². The summed E-state index contributed by atoms with van der Waals surface area (Å²) >= 11 is 6.15. The fraction of sp³-hybridized carbons (Fsp3) is 0.435. The molecule has 2 aliphatic rings. The van der Waals surface area contributed by atoms with Crippen LogP contribution in [0.5, 0.6) is 0 Å². The molecule has 2 saturated carbocycles. The van der Waals surface area contributed by atoms with Crippen LogP contribution in [-0.2, 0) is 9.84 Å². The van der Waals surface area contributed by atoms with Crippen LogP contribution in [0.25, 0.3) is 0 Å². The molecule has 1 amide bonds. The normalized spacial score (nSPS) is 26.5. The zero-order chi connectivity index (χ0) is 24.8. The molecule has 0 heterocycles. The highest BCUT2D eigenvalue weighted by molar-refractivity contribution is 7.91. The van der Waals surface area contributed by atoms with E-state index in [0.29, 0.717) is 25.0 Å². The summed E-state index contributed by atoms with van der Waals surface area (Å²) in [7, 11) is -3.93. The molecule has 4 rings (SSSR count). The minimum absolute atomic E-state index is 0.0563. The van der Waals surface area contributed by atoms with Gasteiger partial charge < -0.3 is 15.5 Å². The van der Waals surface area contributed by atoms with Crippen LogP contribution in [0.15, 0.2) is 35.2 Å².